The molecule has 5 aliphatic carbocycles. The molecule has 0 spiro atoms. The Hall–Kier alpha value is -0.120. The summed E-state index contributed by atoms with van der Waals surface area (Å²) in [5.74, 6) is 4.59. The van der Waals surface area contributed by atoms with E-state index in [1.165, 1.54) is 25.7 Å². The van der Waals surface area contributed by atoms with Gasteiger partial charge < -0.3 is 10.0 Å². The molecule has 6 aliphatic rings. The second-order valence-electron chi connectivity index (χ2n) is 7.27. The predicted molar refractivity (Wildman–Crippen MR) is 55.7 cm³/mol. The van der Waals surface area contributed by atoms with E-state index in [0.717, 1.165) is 35.5 Å². The Bertz CT molecular complexity index is 426. The molecule has 0 aromatic carbocycles. The first-order valence-corrected chi connectivity index (χ1v) is 6.90. The summed E-state index contributed by atoms with van der Waals surface area (Å²) >= 11 is 0. The molecule has 5 saturated carbocycles. The SMILES string of the molecule is [O-]N1OCC2C1C13CC21C1C2CCC(C2)C13. The minimum Gasteiger partial charge on any atom is -0.762 e. The summed E-state index contributed by atoms with van der Waals surface area (Å²) in [6, 6.07) is 0.271. The average Bonchev–Trinajstić information content (AvgIpc) is 2.81. The van der Waals surface area contributed by atoms with Crippen LogP contribution < -0.4 is 0 Å². The van der Waals surface area contributed by atoms with Crippen LogP contribution in [0.2, 0.25) is 0 Å². The third-order valence-electron chi connectivity index (χ3n) is 7.61. The van der Waals surface area contributed by atoms with Gasteiger partial charge in [0.05, 0.1) is 6.61 Å². The van der Waals surface area contributed by atoms with Crippen LogP contribution in [0.1, 0.15) is 25.7 Å². The first kappa shape index (κ1) is 8.06. The standard InChI is InChI=1S/C13H16NO2/c15-14-11-8(4-16-14)12-5-13(11,12)10-7-2-1-6(3-7)9(10)12/h6-11H,1-5H2/q-1. The lowest BCUT2D eigenvalue weighted by Crippen LogP contribution is -2.69. The van der Waals surface area contributed by atoms with E-state index in [4.69, 9.17) is 4.84 Å². The molecule has 0 amide bonds. The number of hydrogen-bond donors (Lipinski definition) is 0. The molecule has 1 aliphatic heterocycles. The molecule has 0 radical (unpaired) electrons. The second-order valence-corrected chi connectivity index (χ2v) is 7.27. The minimum absolute atomic E-state index is 0.271. The van der Waals surface area contributed by atoms with Crippen LogP contribution in [0.25, 0.3) is 0 Å². The normalized spacial score (nSPS) is 77.1. The van der Waals surface area contributed by atoms with Crippen molar-refractivity contribution in [2.24, 2.45) is 40.4 Å². The summed E-state index contributed by atoms with van der Waals surface area (Å²) in [5.41, 5.74) is 1.10. The highest BCUT2D eigenvalue weighted by Gasteiger charge is 2.99. The van der Waals surface area contributed by atoms with Crippen molar-refractivity contribution in [2.75, 3.05) is 6.61 Å². The van der Waals surface area contributed by atoms with Gasteiger partial charge in [-0.25, -0.2) is 0 Å². The largest absolute Gasteiger partial charge is 0.762 e. The lowest BCUT2D eigenvalue weighted by molar-refractivity contribution is -0.215. The fourth-order valence-electron chi connectivity index (χ4n) is 7.63. The van der Waals surface area contributed by atoms with Gasteiger partial charge in [-0.15, -0.1) is 0 Å². The Morgan fingerprint density at radius 3 is 2.69 bits per heavy atom. The van der Waals surface area contributed by atoms with Crippen molar-refractivity contribution < 1.29 is 4.84 Å². The zero-order chi connectivity index (χ0) is 10.3. The molecule has 8 atom stereocenters. The van der Waals surface area contributed by atoms with Crippen molar-refractivity contribution in [3.8, 4) is 0 Å². The lowest BCUT2D eigenvalue weighted by atomic mass is 9.38. The molecule has 6 rings (SSSR count). The number of rotatable bonds is 0. The fraction of sp³-hybridized carbons (Fsp3) is 1.00. The van der Waals surface area contributed by atoms with Gasteiger partial charge in [-0.05, 0) is 60.2 Å². The Morgan fingerprint density at radius 1 is 1.12 bits per heavy atom. The van der Waals surface area contributed by atoms with Gasteiger partial charge in [-0.1, -0.05) is 0 Å². The van der Waals surface area contributed by atoms with Crippen LogP contribution in [0.15, 0.2) is 0 Å². The molecular weight excluding hydrogens is 202 g/mol. The molecule has 1 saturated heterocycles. The van der Waals surface area contributed by atoms with E-state index in [9.17, 15) is 5.21 Å². The fourth-order valence-corrected chi connectivity index (χ4v) is 7.63. The van der Waals surface area contributed by atoms with Crippen molar-refractivity contribution in [1.29, 1.82) is 0 Å². The molecule has 3 heteroatoms. The topological polar surface area (TPSA) is 35.5 Å². The highest BCUT2D eigenvalue weighted by atomic mass is 16.9. The maximum absolute atomic E-state index is 11.7. The predicted octanol–water partition coefficient (Wildman–Crippen LogP) is 1.78. The van der Waals surface area contributed by atoms with Crippen molar-refractivity contribution in [1.82, 2.24) is 5.23 Å². The van der Waals surface area contributed by atoms with Gasteiger partial charge in [0.15, 0.2) is 0 Å². The van der Waals surface area contributed by atoms with Crippen LogP contribution in [0.5, 0.6) is 0 Å². The molecule has 6 fully saturated rings. The van der Waals surface area contributed by atoms with E-state index in [-0.39, 0.29) is 6.04 Å². The van der Waals surface area contributed by atoms with Crippen LogP contribution in [0.3, 0.4) is 0 Å². The third kappa shape index (κ3) is 0.458. The molecule has 86 valence electrons. The zero-order valence-corrected chi connectivity index (χ0v) is 9.26. The van der Waals surface area contributed by atoms with Gasteiger partial charge in [0.25, 0.3) is 0 Å². The zero-order valence-electron chi connectivity index (χ0n) is 9.26. The molecule has 0 aromatic heterocycles. The monoisotopic (exact) mass is 218 g/mol. The van der Waals surface area contributed by atoms with Crippen LogP contribution in [0.4, 0.5) is 0 Å². The third-order valence-corrected chi connectivity index (χ3v) is 7.61. The van der Waals surface area contributed by atoms with Gasteiger partial charge in [-0.2, -0.15) is 0 Å². The molecule has 16 heavy (non-hydrogen) atoms. The van der Waals surface area contributed by atoms with Gasteiger partial charge in [0, 0.05) is 12.0 Å². The van der Waals surface area contributed by atoms with E-state index in [1.807, 2.05) is 0 Å². The lowest BCUT2D eigenvalue weighted by Gasteiger charge is -2.68. The number of fused-ring (bicyclic) bond motifs is 6. The first-order valence-electron chi connectivity index (χ1n) is 6.90. The highest BCUT2D eigenvalue weighted by molar-refractivity contribution is 5.47. The van der Waals surface area contributed by atoms with Crippen LogP contribution in [-0.2, 0) is 4.84 Å². The molecule has 1 heterocycles. The number of nitrogens with zero attached hydrogens (tertiary/aromatic N) is 1. The first-order chi connectivity index (χ1) is 7.81. The Morgan fingerprint density at radius 2 is 1.88 bits per heavy atom. The van der Waals surface area contributed by atoms with E-state index in [2.05, 4.69) is 0 Å². The maximum atomic E-state index is 11.7. The van der Waals surface area contributed by atoms with Gasteiger partial charge >= 0.3 is 0 Å². The quantitative estimate of drug-likeness (QED) is 0.621. The Labute approximate surface area is 94.7 Å². The second kappa shape index (κ2) is 1.90. The van der Waals surface area contributed by atoms with Gasteiger partial charge in [0.1, 0.15) is 0 Å². The summed E-state index contributed by atoms with van der Waals surface area (Å²) in [6.07, 6.45) is 5.83. The summed E-state index contributed by atoms with van der Waals surface area (Å²) in [6.45, 7) is 0.733. The molecule has 3 nitrogen and oxygen atoms in total. The van der Waals surface area contributed by atoms with Gasteiger partial charge in [-0.3, -0.25) is 5.23 Å². The minimum atomic E-state index is 0.271. The molecule has 8 unspecified atom stereocenters. The van der Waals surface area contributed by atoms with E-state index < -0.39 is 0 Å². The highest BCUT2D eigenvalue weighted by Crippen LogP contribution is 3.00. The Kier molecular flexibility index (Phi) is 0.956. The van der Waals surface area contributed by atoms with Crippen LogP contribution in [0, 0.1) is 45.6 Å². The average molecular weight is 218 g/mol. The molecule has 0 N–H and O–H groups in total. The summed E-state index contributed by atoms with van der Waals surface area (Å²) in [7, 11) is 0. The summed E-state index contributed by atoms with van der Waals surface area (Å²) in [5, 5.41) is 12.7. The molecule has 0 aromatic rings. The Balaban J connectivity index is 1.51. The van der Waals surface area contributed by atoms with E-state index >= 15 is 0 Å². The smallest absolute Gasteiger partial charge is 0.0722 e. The van der Waals surface area contributed by atoms with E-state index in [0.29, 0.717) is 16.7 Å². The maximum Gasteiger partial charge on any atom is 0.0722 e. The van der Waals surface area contributed by atoms with Crippen molar-refractivity contribution in [2.45, 2.75) is 31.7 Å². The number of hydrogen-bond acceptors (Lipinski definition) is 3. The van der Waals surface area contributed by atoms with Crippen molar-refractivity contribution in [3.63, 3.8) is 0 Å². The number of hydroxylamine groups is 2. The molecular formula is C13H16NO2-. The van der Waals surface area contributed by atoms with Crippen LogP contribution >= 0.6 is 0 Å². The molecule has 2 bridgehead atoms. The van der Waals surface area contributed by atoms with E-state index in [1.54, 1.807) is 0 Å². The van der Waals surface area contributed by atoms with Crippen molar-refractivity contribution >= 4 is 0 Å². The summed E-state index contributed by atoms with van der Waals surface area (Å²) < 4.78 is 0. The van der Waals surface area contributed by atoms with Gasteiger partial charge in [0.2, 0.25) is 0 Å². The summed E-state index contributed by atoms with van der Waals surface area (Å²) in [4.78, 5) is 5.24. The van der Waals surface area contributed by atoms with Crippen molar-refractivity contribution in [3.05, 3.63) is 5.21 Å². The van der Waals surface area contributed by atoms with Crippen LogP contribution in [-0.4, -0.2) is 17.9 Å².